The maximum atomic E-state index is 13.4. The van der Waals surface area contributed by atoms with Crippen molar-refractivity contribution in [3.8, 4) is 34.5 Å². The van der Waals surface area contributed by atoms with Gasteiger partial charge in [-0.3, -0.25) is 4.79 Å². The van der Waals surface area contributed by atoms with E-state index in [1.807, 2.05) is 103 Å². The number of hydrogen-bond acceptors (Lipinski definition) is 14. The first-order chi connectivity index (χ1) is 40.3. The van der Waals surface area contributed by atoms with Gasteiger partial charge in [0.15, 0.2) is 0 Å². The van der Waals surface area contributed by atoms with E-state index in [0.717, 1.165) is 78.2 Å². The van der Waals surface area contributed by atoms with Gasteiger partial charge in [0.05, 0.1) is 49.2 Å². The van der Waals surface area contributed by atoms with Crippen LogP contribution >= 0.6 is 76.1 Å². The maximum Gasteiger partial charge on any atom is 0.408 e. The molecule has 0 heterocycles. The molecule has 6 N–H and O–H groups in total. The highest BCUT2D eigenvalue weighted by molar-refractivity contribution is 9.13. The van der Waals surface area contributed by atoms with Crippen molar-refractivity contribution in [2.45, 2.75) is 57.8 Å². The molecular formula is C62H78Br4ClN5O13. The lowest BCUT2D eigenvalue weighted by molar-refractivity contribution is -0.139. The first-order valence-corrected chi connectivity index (χ1v) is 29.0. The number of ether oxygens (including phenoxy) is 8. The summed E-state index contributed by atoms with van der Waals surface area (Å²) in [6.07, 6.45) is 1.96. The van der Waals surface area contributed by atoms with E-state index in [4.69, 9.17) is 48.7 Å². The number of alkyl carbamates (subject to hydrolysis) is 2. The Morgan fingerprint density at radius 2 is 0.988 bits per heavy atom. The number of carbonyl (C=O) groups is 4. The standard InChI is InChI=1S/C25H29BrN2O5.C13H15NO4.C12H16BrNO2.C9H13NO2.C3H4Br2.ClH/c1-5-9-22(27-25(30)33-17-19-10-7-6-8-11-19)24(29)28(15-18(2)26)16-20-12-13-21(31-3)14-23(20)32-4;1-2-6-11(12(15)16)14-13(17)18-9-10-7-4-3-5-8-10;1-9(13)7-14-8-10-4-5-11(15-2)6-12(10)16-3;1-11-8-4-3-7(6-10)9(5-8)12-2;1-3(5)2-4;/h5-8,10-14,22H,1-2,9,15-17H2,3-4H3,(H,27,30);2-5,7-8,11H,1,6,9H2,(H,14,17)(H,15,16);4-6,14H,1,7-8H2,2-3H3;3-5H,6,10H2,1-2H3;1-2H2;1H/t22-;11-;;;;/m11..../s1. The topological polar surface area (TPSA) is 228 Å². The first-order valence-electron chi connectivity index (χ1n) is 25.5. The lowest BCUT2D eigenvalue weighted by Gasteiger charge is -2.28. The summed E-state index contributed by atoms with van der Waals surface area (Å²) in [6.45, 7) is 20.9. The van der Waals surface area contributed by atoms with Crippen LogP contribution in [0.25, 0.3) is 0 Å². The highest BCUT2D eigenvalue weighted by atomic mass is 79.9. The molecule has 18 nitrogen and oxygen atoms in total. The van der Waals surface area contributed by atoms with E-state index in [0.29, 0.717) is 22.5 Å². The summed E-state index contributed by atoms with van der Waals surface area (Å²) in [4.78, 5) is 49.5. The maximum absolute atomic E-state index is 13.4. The monoisotopic (exact) mass is 1450 g/mol. The Morgan fingerprint density at radius 1 is 0.588 bits per heavy atom. The number of hydrogen-bond donors (Lipinski definition) is 5. The minimum Gasteiger partial charge on any atom is -0.497 e. The highest BCUT2D eigenvalue weighted by Crippen LogP contribution is 2.28. The molecule has 5 rings (SSSR count). The van der Waals surface area contributed by atoms with Gasteiger partial charge in [-0.05, 0) is 52.7 Å². The van der Waals surface area contributed by atoms with E-state index >= 15 is 0 Å². The molecule has 2 atom stereocenters. The van der Waals surface area contributed by atoms with Crippen LogP contribution < -0.4 is 50.1 Å². The zero-order valence-corrected chi connectivity index (χ0v) is 55.8. The van der Waals surface area contributed by atoms with E-state index in [1.165, 1.54) is 6.08 Å². The molecule has 0 fully saturated rings. The quantitative estimate of drug-likeness (QED) is 0.0232. The summed E-state index contributed by atoms with van der Waals surface area (Å²) in [5.74, 6) is 2.99. The molecule has 85 heavy (non-hydrogen) atoms. The molecule has 3 amide bonds. The van der Waals surface area contributed by atoms with Crippen LogP contribution in [-0.2, 0) is 51.9 Å². The van der Waals surface area contributed by atoms with E-state index < -0.39 is 30.2 Å². The van der Waals surface area contributed by atoms with Crippen LogP contribution in [-0.4, -0.2) is 107 Å². The summed E-state index contributed by atoms with van der Waals surface area (Å²) >= 11 is 12.9. The molecule has 0 radical (unpaired) electrons. The summed E-state index contributed by atoms with van der Waals surface area (Å²) in [7, 11) is 9.66. The van der Waals surface area contributed by atoms with Crippen molar-refractivity contribution in [3.63, 3.8) is 0 Å². The Hall–Kier alpha value is -6.79. The van der Waals surface area contributed by atoms with Crippen molar-refractivity contribution < 1.29 is 62.2 Å². The second-order valence-electron chi connectivity index (χ2n) is 17.1. The number of nitrogens with two attached hydrogens (primary N) is 1. The van der Waals surface area contributed by atoms with Gasteiger partial charge in [-0.1, -0.05) is 168 Å². The lowest BCUT2D eigenvalue weighted by atomic mass is 10.1. The number of nitrogens with one attached hydrogen (secondary N) is 3. The molecule has 0 aliphatic heterocycles. The molecule has 0 aliphatic carbocycles. The fourth-order valence-electron chi connectivity index (χ4n) is 6.77. The molecule has 0 aromatic heterocycles. The average molecular weight is 1460 g/mol. The Bertz CT molecular complexity index is 2840. The number of rotatable bonds is 28. The first kappa shape index (κ1) is 78.2. The van der Waals surface area contributed by atoms with Gasteiger partial charge < -0.3 is 69.6 Å². The number of carboxylic acids is 1. The van der Waals surface area contributed by atoms with Gasteiger partial charge in [0.2, 0.25) is 5.91 Å². The van der Waals surface area contributed by atoms with Crippen LogP contribution in [0.15, 0.2) is 174 Å². The minimum atomic E-state index is -1.12. The van der Waals surface area contributed by atoms with Gasteiger partial charge in [-0.25, -0.2) is 14.4 Å². The predicted octanol–water partition coefficient (Wildman–Crippen LogP) is 13.3. The molecular weight excluding hydrogens is 1380 g/mol. The second kappa shape index (κ2) is 46.5. The number of benzene rings is 5. The van der Waals surface area contributed by atoms with Gasteiger partial charge in [0.25, 0.3) is 0 Å². The Labute approximate surface area is 540 Å². The van der Waals surface area contributed by atoms with Gasteiger partial charge in [-0.2, -0.15) is 0 Å². The van der Waals surface area contributed by atoms with Gasteiger partial charge >= 0.3 is 18.2 Å². The van der Waals surface area contributed by atoms with Gasteiger partial charge in [0, 0.05) is 75.4 Å². The third-order valence-electron chi connectivity index (χ3n) is 10.9. The van der Waals surface area contributed by atoms with E-state index in [-0.39, 0.29) is 57.5 Å². The van der Waals surface area contributed by atoms with Crippen LogP contribution in [0, 0.1) is 0 Å². The molecule has 464 valence electrons. The third-order valence-corrected chi connectivity index (χ3v) is 13.2. The molecule has 0 bridgehead atoms. The van der Waals surface area contributed by atoms with Crippen LogP contribution in [0.4, 0.5) is 9.59 Å². The molecule has 0 saturated carbocycles. The molecule has 0 spiro atoms. The van der Waals surface area contributed by atoms with Crippen LogP contribution in [0.1, 0.15) is 40.7 Å². The Balaban J connectivity index is 0.00000115. The Kier molecular flexibility index (Phi) is 42.8. The number of carbonyl (C=O) groups excluding carboxylic acids is 3. The number of methoxy groups -OCH3 is 6. The van der Waals surface area contributed by atoms with Crippen LogP contribution in [0.2, 0.25) is 0 Å². The number of halogens is 5. The highest BCUT2D eigenvalue weighted by Gasteiger charge is 2.27. The zero-order chi connectivity index (χ0) is 62.8. The molecule has 0 unspecified atom stereocenters. The van der Waals surface area contributed by atoms with E-state index in [1.54, 1.807) is 65.8 Å². The SMILES string of the molecule is C=C(Br)CBr.C=C(Br)CNCc1ccc(OC)cc1OC.C=CC[C@@H](NC(=O)OCc1ccccc1)C(=O)N(CC(=C)Br)Cc1ccc(OC)cc1OC.C=CC[C@@H](NC(=O)OCc1ccccc1)C(=O)O.COc1ccc(CN)c(OC)c1.Cl. The largest absolute Gasteiger partial charge is 0.497 e. The minimum absolute atomic E-state index is 0. The fraction of sp³-hybridized carbons (Fsp3) is 0.290. The smallest absolute Gasteiger partial charge is 0.408 e. The van der Waals surface area contributed by atoms with Crippen molar-refractivity contribution in [1.29, 1.82) is 0 Å². The van der Waals surface area contributed by atoms with Crippen LogP contribution in [0.5, 0.6) is 34.5 Å². The van der Waals surface area contributed by atoms with Crippen LogP contribution in [0.3, 0.4) is 0 Å². The van der Waals surface area contributed by atoms with E-state index in [9.17, 15) is 19.2 Å². The van der Waals surface area contributed by atoms with Crippen molar-refractivity contribution in [2.24, 2.45) is 5.73 Å². The zero-order valence-electron chi connectivity index (χ0n) is 48.7. The second-order valence-corrected chi connectivity index (χ2v) is 21.1. The molecule has 23 heteroatoms. The van der Waals surface area contributed by atoms with Crippen molar-refractivity contribution >= 4 is 100 Å². The average Bonchev–Trinajstić information content (AvgIpc) is 3.71. The van der Waals surface area contributed by atoms with Crippen molar-refractivity contribution in [3.05, 3.63) is 202 Å². The summed E-state index contributed by atoms with van der Waals surface area (Å²) in [5, 5.41) is 17.8. The predicted molar refractivity (Wildman–Crippen MR) is 353 cm³/mol. The van der Waals surface area contributed by atoms with Gasteiger partial charge in [-0.15, -0.1) is 25.6 Å². The van der Waals surface area contributed by atoms with Crippen molar-refractivity contribution in [2.75, 3.05) is 61.1 Å². The number of alkyl halides is 1. The third kappa shape index (κ3) is 33.5. The summed E-state index contributed by atoms with van der Waals surface area (Å²) < 4.78 is 44.0. The number of allylic oxidation sites excluding steroid dienone is 1. The molecule has 0 aliphatic rings. The number of carboxylic acid groups (broad SMARTS) is 1. The van der Waals surface area contributed by atoms with E-state index in [2.05, 4.69) is 113 Å². The number of aliphatic carboxylic acids is 1. The lowest BCUT2D eigenvalue weighted by Crippen LogP contribution is -2.48. The molecule has 5 aromatic rings. The summed E-state index contributed by atoms with van der Waals surface area (Å²) in [6, 6.07) is 33.3. The van der Waals surface area contributed by atoms with Crippen molar-refractivity contribution in [1.82, 2.24) is 20.9 Å². The Morgan fingerprint density at radius 3 is 1.36 bits per heavy atom. The van der Waals surface area contributed by atoms with Gasteiger partial charge in [0.1, 0.15) is 59.8 Å². The normalized spacial score (nSPS) is 10.4. The summed E-state index contributed by atoms with van der Waals surface area (Å²) in [5.41, 5.74) is 10.0. The number of nitrogens with zero attached hydrogens (tertiary/aromatic N) is 1. The molecule has 0 saturated heterocycles. The fourth-order valence-corrected chi connectivity index (χ4v) is 7.27. The number of amides is 3. The molecule has 5 aromatic carbocycles.